The van der Waals surface area contributed by atoms with Crippen LogP contribution >= 0.6 is 11.8 Å². The Labute approximate surface area is 117 Å². The third kappa shape index (κ3) is 5.92. The first-order chi connectivity index (χ1) is 8.63. The van der Waals surface area contributed by atoms with Gasteiger partial charge in [0.05, 0.1) is 0 Å². The largest absolute Gasteiger partial charge is 0.313 e. The summed E-state index contributed by atoms with van der Waals surface area (Å²) < 4.78 is 0. The molecule has 1 aromatic carbocycles. The van der Waals surface area contributed by atoms with Gasteiger partial charge in [-0.3, -0.25) is 0 Å². The number of aryl methyl sites for hydroxylation is 1. The first-order valence-corrected chi connectivity index (χ1v) is 8.14. The smallest absolute Gasteiger partial charge is 0.0198 e. The van der Waals surface area contributed by atoms with Crippen molar-refractivity contribution in [3.63, 3.8) is 0 Å². The van der Waals surface area contributed by atoms with Crippen molar-refractivity contribution < 1.29 is 0 Å². The van der Waals surface area contributed by atoms with Gasteiger partial charge in [0.2, 0.25) is 0 Å². The first-order valence-electron chi connectivity index (χ1n) is 6.99. The van der Waals surface area contributed by atoms with Gasteiger partial charge in [0.25, 0.3) is 0 Å². The van der Waals surface area contributed by atoms with Crippen LogP contribution in [0.15, 0.2) is 24.3 Å². The molecule has 1 unspecified atom stereocenters. The molecule has 2 heteroatoms. The number of thioether (sulfide) groups is 1. The highest BCUT2D eigenvalue weighted by Crippen LogP contribution is 2.14. The van der Waals surface area contributed by atoms with Crippen LogP contribution in [0.4, 0.5) is 0 Å². The second-order valence-electron chi connectivity index (χ2n) is 5.32. The summed E-state index contributed by atoms with van der Waals surface area (Å²) in [6, 6.07) is 9.33. The highest BCUT2D eigenvalue weighted by Gasteiger charge is 2.10. The van der Waals surface area contributed by atoms with Gasteiger partial charge in [0, 0.05) is 11.8 Å². The van der Waals surface area contributed by atoms with E-state index in [1.54, 1.807) is 0 Å². The van der Waals surface area contributed by atoms with Gasteiger partial charge < -0.3 is 5.32 Å². The standard InChI is InChI=1S/C16H27NS/c1-5-17-16(12-18-11-13(2)3)10-15-9-7-6-8-14(15)4/h6-9,13,16-17H,5,10-12H2,1-4H3. The van der Waals surface area contributed by atoms with Crippen LogP contribution in [0.2, 0.25) is 0 Å². The summed E-state index contributed by atoms with van der Waals surface area (Å²) in [5.41, 5.74) is 2.89. The number of nitrogens with one attached hydrogen (secondary N) is 1. The molecule has 0 aliphatic heterocycles. The fraction of sp³-hybridized carbons (Fsp3) is 0.625. The maximum atomic E-state index is 3.61. The van der Waals surface area contributed by atoms with Crippen LogP contribution in [0.5, 0.6) is 0 Å². The van der Waals surface area contributed by atoms with E-state index in [1.165, 1.54) is 22.6 Å². The molecule has 0 bridgehead atoms. The fourth-order valence-corrected chi connectivity index (χ4v) is 3.16. The van der Waals surface area contributed by atoms with E-state index in [1.807, 2.05) is 0 Å². The van der Waals surface area contributed by atoms with E-state index in [2.05, 4.69) is 69.0 Å². The molecular formula is C16H27NS. The van der Waals surface area contributed by atoms with Crippen molar-refractivity contribution in [2.45, 2.75) is 40.2 Å². The summed E-state index contributed by atoms with van der Waals surface area (Å²) in [5, 5.41) is 3.61. The third-order valence-corrected chi connectivity index (χ3v) is 4.53. The van der Waals surface area contributed by atoms with Gasteiger partial charge in [0.15, 0.2) is 0 Å². The van der Waals surface area contributed by atoms with Crippen LogP contribution in [0, 0.1) is 12.8 Å². The van der Waals surface area contributed by atoms with Gasteiger partial charge in [-0.25, -0.2) is 0 Å². The topological polar surface area (TPSA) is 12.0 Å². The molecule has 1 aromatic rings. The summed E-state index contributed by atoms with van der Waals surface area (Å²) >= 11 is 2.07. The average Bonchev–Trinajstić information content (AvgIpc) is 2.32. The Morgan fingerprint density at radius 3 is 2.50 bits per heavy atom. The van der Waals surface area contributed by atoms with Gasteiger partial charge >= 0.3 is 0 Å². The van der Waals surface area contributed by atoms with Gasteiger partial charge in [-0.05, 0) is 42.7 Å². The minimum absolute atomic E-state index is 0.597. The molecule has 0 fully saturated rings. The molecule has 1 N–H and O–H groups in total. The monoisotopic (exact) mass is 265 g/mol. The molecule has 0 spiro atoms. The fourth-order valence-electron chi connectivity index (χ4n) is 2.03. The predicted octanol–water partition coefficient (Wildman–Crippen LogP) is 3.90. The molecule has 102 valence electrons. The summed E-state index contributed by atoms with van der Waals surface area (Å²) in [4.78, 5) is 0. The zero-order chi connectivity index (χ0) is 13.4. The highest BCUT2D eigenvalue weighted by atomic mass is 32.2. The zero-order valence-corrected chi connectivity index (χ0v) is 13.0. The quantitative estimate of drug-likeness (QED) is 0.765. The second kappa shape index (κ2) is 8.60. The zero-order valence-electron chi connectivity index (χ0n) is 12.2. The van der Waals surface area contributed by atoms with E-state index in [9.17, 15) is 0 Å². The van der Waals surface area contributed by atoms with Crippen LogP contribution in [-0.2, 0) is 6.42 Å². The van der Waals surface area contributed by atoms with E-state index >= 15 is 0 Å². The first kappa shape index (κ1) is 15.6. The van der Waals surface area contributed by atoms with Gasteiger partial charge in [0.1, 0.15) is 0 Å². The van der Waals surface area contributed by atoms with Crippen molar-refractivity contribution in [2.75, 3.05) is 18.1 Å². The van der Waals surface area contributed by atoms with Crippen LogP contribution in [0.1, 0.15) is 31.9 Å². The molecule has 0 radical (unpaired) electrons. The van der Waals surface area contributed by atoms with Gasteiger partial charge in [-0.2, -0.15) is 11.8 Å². The molecule has 18 heavy (non-hydrogen) atoms. The SMILES string of the molecule is CCNC(CSCC(C)C)Cc1ccccc1C. The van der Waals surface area contributed by atoms with Gasteiger partial charge in [-0.15, -0.1) is 0 Å². The van der Waals surface area contributed by atoms with Crippen molar-refractivity contribution >= 4 is 11.8 Å². The molecule has 0 aromatic heterocycles. The second-order valence-corrected chi connectivity index (χ2v) is 6.39. The van der Waals surface area contributed by atoms with Crippen molar-refractivity contribution in [3.8, 4) is 0 Å². The molecule has 0 heterocycles. The minimum Gasteiger partial charge on any atom is -0.313 e. The van der Waals surface area contributed by atoms with Crippen LogP contribution in [0.25, 0.3) is 0 Å². The Hall–Kier alpha value is -0.470. The van der Waals surface area contributed by atoms with Crippen LogP contribution in [0.3, 0.4) is 0 Å². The molecular weight excluding hydrogens is 238 g/mol. The summed E-state index contributed by atoms with van der Waals surface area (Å²) in [5.74, 6) is 3.26. The van der Waals surface area contributed by atoms with E-state index < -0.39 is 0 Å². The highest BCUT2D eigenvalue weighted by molar-refractivity contribution is 7.99. The predicted molar refractivity (Wildman–Crippen MR) is 84.5 cm³/mol. The lowest BCUT2D eigenvalue weighted by Crippen LogP contribution is -2.33. The molecule has 0 amide bonds. The Kier molecular flexibility index (Phi) is 7.45. The molecule has 0 aliphatic rings. The number of hydrogen-bond acceptors (Lipinski definition) is 2. The van der Waals surface area contributed by atoms with E-state index in [4.69, 9.17) is 0 Å². The van der Waals surface area contributed by atoms with Crippen LogP contribution in [-0.4, -0.2) is 24.1 Å². The number of benzene rings is 1. The Morgan fingerprint density at radius 2 is 1.89 bits per heavy atom. The lowest BCUT2D eigenvalue weighted by Gasteiger charge is -2.19. The van der Waals surface area contributed by atoms with Crippen molar-refractivity contribution in [1.82, 2.24) is 5.32 Å². The molecule has 1 nitrogen and oxygen atoms in total. The molecule has 0 aliphatic carbocycles. The van der Waals surface area contributed by atoms with Crippen molar-refractivity contribution in [3.05, 3.63) is 35.4 Å². The van der Waals surface area contributed by atoms with Crippen molar-refractivity contribution in [1.29, 1.82) is 0 Å². The Bertz CT molecular complexity index is 336. The maximum absolute atomic E-state index is 3.61. The summed E-state index contributed by atoms with van der Waals surface area (Å²) in [7, 11) is 0. The third-order valence-electron chi connectivity index (χ3n) is 2.99. The number of likely N-dealkylation sites (N-methyl/N-ethyl adjacent to an activating group) is 1. The normalized spacial score (nSPS) is 12.9. The minimum atomic E-state index is 0.597. The lowest BCUT2D eigenvalue weighted by molar-refractivity contribution is 0.571. The summed E-state index contributed by atoms with van der Waals surface area (Å²) in [6.45, 7) is 10.0. The van der Waals surface area contributed by atoms with Crippen molar-refractivity contribution in [2.24, 2.45) is 5.92 Å². The van der Waals surface area contributed by atoms with E-state index in [0.717, 1.165) is 18.9 Å². The lowest BCUT2D eigenvalue weighted by atomic mass is 10.0. The number of rotatable bonds is 8. The Morgan fingerprint density at radius 1 is 1.17 bits per heavy atom. The summed E-state index contributed by atoms with van der Waals surface area (Å²) in [6.07, 6.45) is 1.14. The van der Waals surface area contributed by atoms with Crippen LogP contribution < -0.4 is 5.32 Å². The van der Waals surface area contributed by atoms with E-state index in [-0.39, 0.29) is 0 Å². The molecule has 1 atom stereocenters. The number of hydrogen-bond donors (Lipinski definition) is 1. The maximum Gasteiger partial charge on any atom is 0.0198 e. The molecule has 1 rings (SSSR count). The average molecular weight is 265 g/mol. The van der Waals surface area contributed by atoms with E-state index in [0.29, 0.717) is 6.04 Å². The molecule has 0 saturated carbocycles. The molecule has 0 saturated heterocycles. The van der Waals surface area contributed by atoms with Gasteiger partial charge in [-0.1, -0.05) is 45.0 Å². The Balaban J connectivity index is 2.49.